The lowest BCUT2D eigenvalue weighted by molar-refractivity contribution is 0.0916. The molecule has 3 heteroatoms. The Morgan fingerprint density at radius 3 is 2.80 bits per heavy atom. The van der Waals surface area contributed by atoms with Crippen molar-refractivity contribution in [2.24, 2.45) is 0 Å². The molecule has 1 aromatic rings. The molecule has 80 valence electrons. The van der Waals surface area contributed by atoms with E-state index < -0.39 is 0 Å². The largest absolute Gasteiger partial charge is 0.349 e. The smallest absolute Gasteiger partial charge is 0.251 e. The molecule has 1 aromatic carbocycles. The van der Waals surface area contributed by atoms with Crippen molar-refractivity contribution in [1.29, 1.82) is 0 Å². The van der Waals surface area contributed by atoms with Crippen molar-refractivity contribution in [3.63, 3.8) is 0 Å². The Hall–Kier alpha value is -0.580. The molecule has 1 aliphatic carbocycles. The van der Waals surface area contributed by atoms with Crippen LogP contribution in [0.5, 0.6) is 0 Å². The average molecular weight is 315 g/mol. The molecular weight excluding hydrogens is 301 g/mol. The maximum atomic E-state index is 11.9. The van der Waals surface area contributed by atoms with Gasteiger partial charge in [0.05, 0.1) is 0 Å². The van der Waals surface area contributed by atoms with Crippen LogP contribution in [0, 0.1) is 10.5 Å². The summed E-state index contributed by atoms with van der Waals surface area (Å²) in [4.78, 5) is 11.9. The van der Waals surface area contributed by atoms with Crippen molar-refractivity contribution < 1.29 is 4.79 Å². The van der Waals surface area contributed by atoms with Crippen LogP contribution in [0.15, 0.2) is 18.2 Å². The molecule has 0 aliphatic heterocycles. The van der Waals surface area contributed by atoms with Gasteiger partial charge >= 0.3 is 0 Å². The van der Waals surface area contributed by atoms with Gasteiger partial charge in [-0.2, -0.15) is 0 Å². The number of amides is 1. The molecule has 1 saturated carbocycles. The van der Waals surface area contributed by atoms with Gasteiger partial charge in [-0.1, -0.05) is 6.07 Å². The second kappa shape index (κ2) is 4.51. The second-order valence-corrected chi connectivity index (χ2v) is 5.18. The topological polar surface area (TPSA) is 29.1 Å². The maximum Gasteiger partial charge on any atom is 0.251 e. The molecule has 0 heterocycles. The molecule has 0 radical (unpaired) electrons. The molecule has 0 saturated heterocycles. The van der Waals surface area contributed by atoms with E-state index in [0.717, 1.165) is 27.5 Å². The molecule has 0 unspecified atom stereocenters. The molecule has 15 heavy (non-hydrogen) atoms. The maximum absolute atomic E-state index is 11.9. The van der Waals surface area contributed by atoms with Gasteiger partial charge in [-0.05, 0) is 66.5 Å². The zero-order chi connectivity index (χ0) is 10.8. The van der Waals surface area contributed by atoms with Crippen LogP contribution in [0.25, 0.3) is 0 Å². The number of benzene rings is 1. The number of carbonyl (C=O) groups excluding carboxylic acids is 1. The van der Waals surface area contributed by atoms with Gasteiger partial charge in [-0.3, -0.25) is 4.79 Å². The summed E-state index contributed by atoms with van der Waals surface area (Å²) in [6.45, 7) is 2.00. The van der Waals surface area contributed by atoms with Crippen LogP contribution in [0.2, 0.25) is 0 Å². The van der Waals surface area contributed by atoms with Gasteiger partial charge in [0.25, 0.3) is 5.91 Å². The first-order valence-corrected chi connectivity index (χ1v) is 6.32. The second-order valence-electron chi connectivity index (χ2n) is 4.01. The lowest BCUT2D eigenvalue weighted by atomic mass is 9.93. The third-order valence-corrected chi connectivity index (χ3v) is 4.12. The van der Waals surface area contributed by atoms with Crippen LogP contribution in [-0.4, -0.2) is 11.9 Å². The summed E-state index contributed by atoms with van der Waals surface area (Å²) < 4.78 is 1.15. The highest BCUT2D eigenvalue weighted by Crippen LogP contribution is 2.20. The van der Waals surface area contributed by atoms with Crippen LogP contribution in [-0.2, 0) is 0 Å². The Bertz CT molecular complexity index is 385. The van der Waals surface area contributed by atoms with Gasteiger partial charge in [-0.15, -0.1) is 0 Å². The monoisotopic (exact) mass is 315 g/mol. The highest BCUT2D eigenvalue weighted by atomic mass is 127. The van der Waals surface area contributed by atoms with Gasteiger partial charge in [0.15, 0.2) is 0 Å². The van der Waals surface area contributed by atoms with E-state index in [1.54, 1.807) is 0 Å². The summed E-state index contributed by atoms with van der Waals surface area (Å²) >= 11 is 2.26. The number of hydrogen-bond donors (Lipinski definition) is 1. The Labute approximate surface area is 104 Å². The molecule has 0 spiro atoms. The Balaban J connectivity index is 2.13. The summed E-state index contributed by atoms with van der Waals surface area (Å²) in [5.74, 6) is 0.0794. The van der Waals surface area contributed by atoms with Gasteiger partial charge in [0.2, 0.25) is 0 Å². The van der Waals surface area contributed by atoms with Crippen molar-refractivity contribution in [3.8, 4) is 0 Å². The van der Waals surface area contributed by atoms with E-state index in [0.29, 0.717) is 6.04 Å². The lowest BCUT2D eigenvalue weighted by Gasteiger charge is -2.26. The first-order chi connectivity index (χ1) is 7.18. The predicted molar refractivity (Wildman–Crippen MR) is 69.0 cm³/mol. The van der Waals surface area contributed by atoms with E-state index in [2.05, 4.69) is 27.9 Å². The predicted octanol–water partition coefficient (Wildman–Crippen LogP) is 2.88. The SMILES string of the molecule is Cc1c(I)cccc1C(=O)NC1CCC1. The summed E-state index contributed by atoms with van der Waals surface area (Å²) in [5, 5.41) is 3.06. The summed E-state index contributed by atoms with van der Waals surface area (Å²) in [6, 6.07) is 6.26. The van der Waals surface area contributed by atoms with Crippen molar-refractivity contribution in [1.82, 2.24) is 5.32 Å². The molecule has 1 amide bonds. The third-order valence-electron chi connectivity index (χ3n) is 2.95. The molecule has 1 fully saturated rings. The minimum Gasteiger partial charge on any atom is -0.349 e. The van der Waals surface area contributed by atoms with E-state index in [1.165, 1.54) is 6.42 Å². The lowest BCUT2D eigenvalue weighted by Crippen LogP contribution is -2.39. The fourth-order valence-electron chi connectivity index (χ4n) is 1.67. The highest BCUT2D eigenvalue weighted by Gasteiger charge is 2.20. The number of hydrogen-bond acceptors (Lipinski definition) is 1. The van der Waals surface area contributed by atoms with Gasteiger partial charge in [0.1, 0.15) is 0 Å². The van der Waals surface area contributed by atoms with Crippen molar-refractivity contribution in [3.05, 3.63) is 32.9 Å². The molecule has 0 aromatic heterocycles. The van der Waals surface area contributed by atoms with E-state index >= 15 is 0 Å². The van der Waals surface area contributed by atoms with Crippen LogP contribution in [0.3, 0.4) is 0 Å². The fourth-order valence-corrected chi connectivity index (χ4v) is 2.17. The number of rotatable bonds is 2. The van der Waals surface area contributed by atoms with E-state index in [1.807, 2.05) is 25.1 Å². The van der Waals surface area contributed by atoms with Crippen LogP contribution in [0.4, 0.5) is 0 Å². The standard InChI is InChI=1S/C12H14INO/c1-8-10(6-3-7-11(8)13)12(15)14-9-4-2-5-9/h3,6-7,9H,2,4-5H2,1H3,(H,14,15). The summed E-state index contributed by atoms with van der Waals surface area (Å²) in [6.07, 6.45) is 3.51. The Kier molecular flexibility index (Phi) is 3.29. The third kappa shape index (κ3) is 2.33. The minimum atomic E-state index is 0.0794. The normalized spacial score (nSPS) is 15.9. The highest BCUT2D eigenvalue weighted by molar-refractivity contribution is 14.1. The Morgan fingerprint density at radius 2 is 2.20 bits per heavy atom. The van der Waals surface area contributed by atoms with Gasteiger partial charge in [0, 0.05) is 15.2 Å². The van der Waals surface area contributed by atoms with E-state index in [9.17, 15) is 4.79 Å². The molecule has 2 nitrogen and oxygen atoms in total. The quantitative estimate of drug-likeness (QED) is 0.836. The number of halogens is 1. The first-order valence-electron chi connectivity index (χ1n) is 5.24. The van der Waals surface area contributed by atoms with E-state index in [-0.39, 0.29) is 5.91 Å². The molecule has 1 N–H and O–H groups in total. The van der Waals surface area contributed by atoms with Gasteiger partial charge in [-0.25, -0.2) is 0 Å². The molecule has 0 atom stereocenters. The summed E-state index contributed by atoms with van der Waals surface area (Å²) in [5.41, 5.74) is 1.89. The first kappa shape index (κ1) is 10.9. The van der Waals surface area contributed by atoms with Crippen molar-refractivity contribution in [2.45, 2.75) is 32.2 Å². The molecule has 0 bridgehead atoms. The zero-order valence-corrected chi connectivity index (χ0v) is 10.9. The van der Waals surface area contributed by atoms with Crippen molar-refractivity contribution in [2.75, 3.05) is 0 Å². The zero-order valence-electron chi connectivity index (χ0n) is 8.72. The van der Waals surface area contributed by atoms with E-state index in [4.69, 9.17) is 0 Å². The Morgan fingerprint density at radius 1 is 1.47 bits per heavy atom. The molecule has 2 rings (SSSR count). The average Bonchev–Trinajstić information content (AvgIpc) is 2.15. The number of carbonyl (C=O) groups is 1. The number of nitrogens with one attached hydrogen (secondary N) is 1. The van der Waals surface area contributed by atoms with Crippen LogP contribution in [0.1, 0.15) is 35.2 Å². The minimum absolute atomic E-state index is 0.0794. The van der Waals surface area contributed by atoms with Gasteiger partial charge < -0.3 is 5.32 Å². The summed E-state index contributed by atoms with van der Waals surface area (Å²) in [7, 11) is 0. The fraction of sp³-hybridized carbons (Fsp3) is 0.417. The van der Waals surface area contributed by atoms with Crippen LogP contribution >= 0.6 is 22.6 Å². The molecular formula is C12H14INO. The molecule has 1 aliphatic rings. The van der Waals surface area contributed by atoms with Crippen molar-refractivity contribution >= 4 is 28.5 Å². The van der Waals surface area contributed by atoms with Crippen LogP contribution < -0.4 is 5.32 Å².